The number of hydrogen-bond acceptors (Lipinski definition) is 3. The van der Waals surface area contributed by atoms with Gasteiger partial charge in [-0.15, -0.1) is 0 Å². The first-order valence-corrected chi connectivity index (χ1v) is 7.13. The molecule has 0 radical (unpaired) electrons. The topological polar surface area (TPSA) is 70.0 Å². The van der Waals surface area contributed by atoms with Crippen molar-refractivity contribution >= 4 is 31.6 Å². The fraction of sp³-hybridized carbons (Fsp3) is 0.300. The van der Waals surface area contributed by atoms with Gasteiger partial charge in [-0.2, -0.15) is 5.26 Å². The van der Waals surface area contributed by atoms with E-state index < -0.39 is 10.0 Å². The lowest BCUT2D eigenvalue weighted by molar-refractivity contribution is 0.600. The quantitative estimate of drug-likeness (QED) is 0.929. The first-order valence-electron chi connectivity index (χ1n) is 4.68. The van der Waals surface area contributed by atoms with Gasteiger partial charge in [0.05, 0.1) is 17.0 Å². The van der Waals surface area contributed by atoms with Gasteiger partial charge in [0.15, 0.2) is 0 Å². The van der Waals surface area contributed by atoms with Gasteiger partial charge in [0.2, 0.25) is 10.0 Å². The number of nitriles is 1. The highest BCUT2D eigenvalue weighted by Gasteiger charge is 2.11. The summed E-state index contributed by atoms with van der Waals surface area (Å²) in [5.74, 6) is 0.0460. The minimum atomic E-state index is -3.36. The zero-order chi connectivity index (χ0) is 12.2. The number of benzene rings is 1. The molecule has 16 heavy (non-hydrogen) atoms. The number of rotatable bonds is 4. The number of anilines is 1. The van der Waals surface area contributed by atoms with Crippen LogP contribution < -0.4 is 4.72 Å². The molecule has 1 aromatic rings. The molecule has 0 aliphatic carbocycles. The summed E-state index contributed by atoms with van der Waals surface area (Å²) in [6, 6.07) is 6.77. The maximum atomic E-state index is 11.5. The second-order valence-corrected chi connectivity index (χ2v) is 5.98. The first-order chi connectivity index (χ1) is 7.48. The van der Waals surface area contributed by atoms with Crippen molar-refractivity contribution < 1.29 is 8.42 Å². The maximum absolute atomic E-state index is 11.5. The smallest absolute Gasteiger partial charge is 0.232 e. The molecule has 0 saturated carbocycles. The van der Waals surface area contributed by atoms with Crippen LogP contribution in [0, 0.1) is 11.3 Å². The van der Waals surface area contributed by atoms with Gasteiger partial charge in [0.1, 0.15) is 6.07 Å². The highest BCUT2D eigenvalue weighted by Crippen LogP contribution is 2.21. The van der Waals surface area contributed by atoms with Crippen LogP contribution in [0.1, 0.15) is 18.9 Å². The summed E-state index contributed by atoms with van der Waals surface area (Å²) >= 11 is 3.23. The van der Waals surface area contributed by atoms with E-state index in [4.69, 9.17) is 5.26 Å². The van der Waals surface area contributed by atoms with Crippen molar-refractivity contribution in [3.05, 3.63) is 28.2 Å². The molecule has 0 unspecified atom stereocenters. The lowest BCUT2D eigenvalue weighted by Gasteiger charge is -2.08. The molecule has 0 heterocycles. The van der Waals surface area contributed by atoms with Gasteiger partial charge >= 0.3 is 0 Å². The Morgan fingerprint density at radius 1 is 1.50 bits per heavy atom. The summed E-state index contributed by atoms with van der Waals surface area (Å²) in [5, 5.41) is 8.84. The fourth-order valence-electron chi connectivity index (χ4n) is 1.19. The lowest BCUT2D eigenvalue weighted by Crippen LogP contribution is -2.16. The Morgan fingerprint density at radius 3 is 2.75 bits per heavy atom. The third-order valence-corrected chi connectivity index (χ3v) is 3.81. The largest absolute Gasteiger partial charge is 0.282 e. The van der Waals surface area contributed by atoms with E-state index in [0.29, 0.717) is 17.7 Å². The minimum Gasteiger partial charge on any atom is -0.282 e. The number of sulfonamides is 1. The van der Waals surface area contributed by atoms with Gasteiger partial charge in [-0.1, -0.05) is 22.9 Å². The van der Waals surface area contributed by atoms with E-state index in [1.165, 1.54) is 0 Å². The van der Waals surface area contributed by atoms with E-state index in [-0.39, 0.29) is 5.75 Å². The Labute approximate surface area is 103 Å². The zero-order valence-electron chi connectivity index (χ0n) is 8.70. The Hall–Kier alpha value is -1.06. The molecule has 0 amide bonds. The lowest BCUT2D eigenvalue weighted by atomic mass is 10.2. The van der Waals surface area contributed by atoms with Crippen LogP contribution in [0.5, 0.6) is 0 Å². The third kappa shape index (κ3) is 3.51. The molecule has 1 aromatic carbocycles. The number of nitrogens with zero attached hydrogens (tertiary/aromatic N) is 1. The molecule has 1 N–H and O–H groups in total. The molecule has 0 aliphatic rings. The van der Waals surface area contributed by atoms with Gasteiger partial charge in [-0.3, -0.25) is 4.72 Å². The van der Waals surface area contributed by atoms with Crippen molar-refractivity contribution in [3.63, 3.8) is 0 Å². The second-order valence-electron chi connectivity index (χ2n) is 3.22. The average molecular weight is 303 g/mol. The van der Waals surface area contributed by atoms with Gasteiger partial charge in [0, 0.05) is 4.47 Å². The molecule has 0 fully saturated rings. The molecule has 0 aliphatic heterocycles. The van der Waals surface area contributed by atoms with Crippen LogP contribution in [0.2, 0.25) is 0 Å². The van der Waals surface area contributed by atoms with E-state index in [2.05, 4.69) is 20.7 Å². The van der Waals surface area contributed by atoms with Crippen molar-refractivity contribution in [1.29, 1.82) is 5.26 Å². The van der Waals surface area contributed by atoms with E-state index >= 15 is 0 Å². The molecule has 4 nitrogen and oxygen atoms in total. The summed E-state index contributed by atoms with van der Waals surface area (Å²) in [5.41, 5.74) is 0.619. The predicted octanol–water partition coefficient (Wildman–Crippen LogP) is 2.47. The van der Waals surface area contributed by atoms with Gasteiger partial charge in [-0.05, 0) is 24.6 Å². The summed E-state index contributed by atoms with van der Waals surface area (Å²) in [6.07, 6.45) is 0.533. The molecule has 0 spiro atoms. The Morgan fingerprint density at radius 2 is 2.19 bits per heavy atom. The first kappa shape index (κ1) is 13.0. The number of nitrogens with one attached hydrogen (secondary N) is 1. The molecule has 0 saturated heterocycles. The van der Waals surface area contributed by atoms with Gasteiger partial charge < -0.3 is 0 Å². The van der Waals surface area contributed by atoms with Crippen molar-refractivity contribution in [2.24, 2.45) is 0 Å². The van der Waals surface area contributed by atoms with Crippen molar-refractivity contribution in [1.82, 2.24) is 0 Å². The van der Waals surface area contributed by atoms with Gasteiger partial charge in [0.25, 0.3) is 0 Å². The summed E-state index contributed by atoms with van der Waals surface area (Å²) in [4.78, 5) is 0. The van der Waals surface area contributed by atoms with E-state index in [1.807, 2.05) is 6.07 Å². The van der Waals surface area contributed by atoms with Crippen LogP contribution in [-0.2, 0) is 10.0 Å². The van der Waals surface area contributed by atoms with Crippen LogP contribution in [-0.4, -0.2) is 14.2 Å². The van der Waals surface area contributed by atoms with Crippen LogP contribution in [0.15, 0.2) is 22.7 Å². The molecular weight excluding hydrogens is 292 g/mol. The Balaban J connectivity index is 3.06. The summed E-state index contributed by atoms with van der Waals surface area (Å²) < 4.78 is 26.2. The van der Waals surface area contributed by atoms with E-state index in [9.17, 15) is 8.42 Å². The van der Waals surface area contributed by atoms with Crippen molar-refractivity contribution in [3.8, 4) is 6.07 Å². The van der Waals surface area contributed by atoms with Crippen molar-refractivity contribution in [2.45, 2.75) is 13.3 Å². The molecule has 86 valence electrons. The number of hydrogen-bond donors (Lipinski definition) is 1. The van der Waals surface area contributed by atoms with Crippen LogP contribution in [0.25, 0.3) is 0 Å². The number of halogens is 1. The SMILES string of the molecule is CCCS(=O)(=O)Nc1cc(Br)ccc1C#N. The van der Waals surface area contributed by atoms with E-state index in [1.54, 1.807) is 25.1 Å². The minimum absolute atomic E-state index is 0.0460. The van der Waals surface area contributed by atoms with Gasteiger partial charge in [-0.25, -0.2) is 8.42 Å². The molecule has 0 atom stereocenters. The normalized spacial score (nSPS) is 10.8. The van der Waals surface area contributed by atoms with Crippen LogP contribution >= 0.6 is 15.9 Å². The molecule has 6 heteroatoms. The maximum Gasteiger partial charge on any atom is 0.232 e. The highest BCUT2D eigenvalue weighted by atomic mass is 79.9. The van der Waals surface area contributed by atoms with Crippen LogP contribution in [0.4, 0.5) is 5.69 Å². The Bertz CT molecular complexity index is 520. The predicted molar refractivity (Wildman–Crippen MR) is 66.6 cm³/mol. The monoisotopic (exact) mass is 302 g/mol. The summed E-state index contributed by atoms with van der Waals surface area (Å²) in [6.45, 7) is 1.78. The molecule has 0 aromatic heterocycles. The average Bonchev–Trinajstić information content (AvgIpc) is 2.17. The van der Waals surface area contributed by atoms with Crippen molar-refractivity contribution in [2.75, 3.05) is 10.5 Å². The zero-order valence-corrected chi connectivity index (χ0v) is 11.1. The van der Waals surface area contributed by atoms with E-state index in [0.717, 1.165) is 4.47 Å². The molecular formula is C10H11BrN2O2S. The highest BCUT2D eigenvalue weighted by molar-refractivity contribution is 9.10. The Kier molecular flexibility index (Phi) is 4.33. The standard InChI is InChI=1S/C10H11BrN2O2S/c1-2-5-16(14,15)13-10-6-9(11)4-3-8(10)7-12/h3-4,6,13H,2,5H2,1H3. The molecule has 0 bridgehead atoms. The van der Waals surface area contributed by atoms with Crippen LogP contribution in [0.3, 0.4) is 0 Å². The molecule has 1 rings (SSSR count). The third-order valence-electron chi connectivity index (χ3n) is 1.84. The second kappa shape index (κ2) is 5.32. The summed E-state index contributed by atoms with van der Waals surface area (Å²) in [7, 11) is -3.36. The fourth-order valence-corrected chi connectivity index (χ4v) is 2.69.